The first-order valence-electron chi connectivity index (χ1n) is 5.28. The quantitative estimate of drug-likeness (QED) is 0.930. The highest BCUT2D eigenvalue weighted by Gasteiger charge is 2.33. The monoisotopic (exact) mass is 286 g/mol. The average Bonchev–Trinajstić information content (AvgIpc) is 2.75. The number of methoxy groups -OCH3 is 1. The molecule has 5 heteroatoms. The molecule has 1 heterocycles. The molecule has 96 valence electrons. The first-order chi connectivity index (χ1) is 8.46. The zero-order valence-electron chi connectivity index (χ0n) is 9.91. The van der Waals surface area contributed by atoms with Crippen molar-refractivity contribution in [3.05, 3.63) is 50.9 Å². The Labute approximate surface area is 114 Å². The summed E-state index contributed by atoms with van der Waals surface area (Å²) in [7, 11) is 1.44. The number of ether oxygens (including phenoxy) is 1. The van der Waals surface area contributed by atoms with Gasteiger partial charge in [0.25, 0.3) is 0 Å². The predicted molar refractivity (Wildman–Crippen MR) is 71.0 cm³/mol. The fraction of sp³-hybridized carbons (Fsp3) is 0.231. The summed E-state index contributed by atoms with van der Waals surface area (Å²) in [6, 6.07) is 7.79. The van der Waals surface area contributed by atoms with E-state index in [2.05, 4.69) is 0 Å². The molecule has 1 atom stereocenters. The van der Waals surface area contributed by atoms with E-state index in [1.165, 1.54) is 37.5 Å². The molecule has 0 saturated heterocycles. The largest absolute Gasteiger partial charge is 0.496 e. The van der Waals surface area contributed by atoms with Crippen LogP contribution in [0.1, 0.15) is 17.4 Å². The Bertz CT molecular complexity index is 566. The van der Waals surface area contributed by atoms with Crippen molar-refractivity contribution in [3.8, 4) is 5.75 Å². The van der Waals surface area contributed by atoms with Crippen LogP contribution >= 0.6 is 22.9 Å². The maximum absolute atomic E-state index is 14.0. The van der Waals surface area contributed by atoms with Crippen molar-refractivity contribution < 1.29 is 14.2 Å². The minimum atomic E-state index is -1.48. The fourth-order valence-corrected chi connectivity index (χ4v) is 2.94. The zero-order valence-corrected chi connectivity index (χ0v) is 11.5. The Hall–Kier alpha value is -1.10. The van der Waals surface area contributed by atoms with E-state index in [1.54, 1.807) is 18.2 Å². The Morgan fingerprint density at radius 3 is 2.61 bits per heavy atom. The van der Waals surface area contributed by atoms with Crippen LogP contribution in [0, 0.1) is 5.82 Å². The summed E-state index contributed by atoms with van der Waals surface area (Å²) in [5.74, 6) is -0.201. The van der Waals surface area contributed by atoms with Gasteiger partial charge >= 0.3 is 0 Å². The Kier molecular flexibility index (Phi) is 3.61. The third kappa shape index (κ3) is 2.23. The number of hydrogen-bond acceptors (Lipinski definition) is 3. The number of hydrogen-bond donors (Lipinski definition) is 1. The van der Waals surface area contributed by atoms with Crippen LogP contribution in [0.2, 0.25) is 4.34 Å². The standard InChI is InChI=1S/C13H12ClFO2S/c1-13(16,10-6-7-11(14)18-10)12-8(15)4-3-5-9(12)17-2/h3-7,16H,1-2H3. The van der Waals surface area contributed by atoms with Crippen LogP contribution in [0.4, 0.5) is 4.39 Å². The van der Waals surface area contributed by atoms with Crippen LogP contribution in [-0.2, 0) is 5.60 Å². The summed E-state index contributed by atoms with van der Waals surface area (Å²) in [4.78, 5) is 0.566. The Morgan fingerprint density at radius 2 is 2.06 bits per heavy atom. The maximum atomic E-state index is 14.0. The van der Waals surface area contributed by atoms with Gasteiger partial charge in [-0.3, -0.25) is 0 Å². The molecule has 1 aromatic carbocycles. The molecule has 0 aliphatic heterocycles. The van der Waals surface area contributed by atoms with Gasteiger partial charge in [0.2, 0.25) is 0 Å². The van der Waals surface area contributed by atoms with Crippen LogP contribution in [-0.4, -0.2) is 12.2 Å². The minimum Gasteiger partial charge on any atom is -0.496 e. The highest BCUT2D eigenvalue weighted by molar-refractivity contribution is 7.16. The van der Waals surface area contributed by atoms with E-state index in [1.807, 2.05) is 0 Å². The van der Waals surface area contributed by atoms with Crippen molar-refractivity contribution in [2.75, 3.05) is 7.11 Å². The van der Waals surface area contributed by atoms with Gasteiger partial charge in [-0.05, 0) is 31.2 Å². The second kappa shape index (κ2) is 4.88. The van der Waals surface area contributed by atoms with Crippen molar-refractivity contribution in [3.63, 3.8) is 0 Å². The van der Waals surface area contributed by atoms with Gasteiger partial charge < -0.3 is 9.84 Å². The van der Waals surface area contributed by atoms with Crippen LogP contribution in [0.5, 0.6) is 5.75 Å². The second-order valence-electron chi connectivity index (χ2n) is 3.99. The number of rotatable bonds is 3. The van der Waals surface area contributed by atoms with Crippen molar-refractivity contribution in [2.24, 2.45) is 0 Å². The topological polar surface area (TPSA) is 29.5 Å². The van der Waals surface area contributed by atoms with E-state index in [4.69, 9.17) is 16.3 Å². The molecule has 18 heavy (non-hydrogen) atoms. The molecule has 2 nitrogen and oxygen atoms in total. The molecule has 0 amide bonds. The highest BCUT2D eigenvalue weighted by Crippen LogP contribution is 2.40. The van der Waals surface area contributed by atoms with E-state index in [0.717, 1.165) is 0 Å². The summed E-state index contributed by atoms with van der Waals surface area (Å²) in [5.41, 5.74) is -1.36. The number of thiophene rings is 1. The molecular formula is C13H12ClFO2S. The number of benzene rings is 1. The summed E-state index contributed by atoms with van der Waals surface area (Å²) < 4.78 is 19.6. The molecule has 1 aromatic heterocycles. The lowest BCUT2D eigenvalue weighted by Gasteiger charge is -2.25. The first-order valence-corrected chi connectivity index (χ1v) is 6.47. The minimum absolute atomic E-state index is 0.117. The summed E-state index contributed by atoms with van der Waals surface area (Å²) >= 11 is 7.06. The van der Waals surface area contributed by atoms with Gasteiger partial charge in [0, 0.05) is 4.88 Å². The lowest BCUT2D eigenvalue weighted by molar-refractivity contribution is 0.0983. The van der Waals surface area contributed by atoms with Crippen molar-refractivity contribution in [1.82, 2.24) is 0 Å². The highest BCUT2D eigenvalue weighted by atomic mass is 35.5. The Balaban J connectivity index is 2.60. The Morgan fingerprint density at radius 1 is 1.33 bits per heavy atom. The lowest BCUT2D eigenvalue weighted by Crippen LogP contribution is -2.24. The maximum Gasteiger partial charge on any atom is 0.133 e. The van der Waals surface area contributed by atoms with Gasteiger partial charge in [0.15, 0.2) is 0 Å². The average molecular weight is 287 g/mol. The lowest BCUT2D eigenvalue weighted by atomic mass is 9.93. The molecule has 1 N–H and O–H groups in total. The predicted octanol–water partition coefficient (Wildman–Crippen LogP) is 3.81. The molecule has 1 unspecified atom stereocenters. The van der Waals surface area contributed by atoms with E-state index in [9.17, 15) is 9.50 Å². The van der Waals surface area contributed by atoms with Crippen LogP contribution in [0.15, 0.2) is 30.3 Å². The van der Waals surface area contributed by atoms with Crippen LogP contribution < -0.4 is 4.74 Å². The molecule has 0 radical (unpaired) electrons. The van der Waals surface area contributed by atoms with Crippen LogP contribution in [0.25, 0.3) is 0 Å². The number of aliphatic hydroxyl groups is 1. The summed E-state index contributed by atoms with van der Waals surface area (Å²) in [6.07, 6.45) is 0. The molecule has 0 spiro atoms. The summed E-state index contributed by atoms with van der Waals surface area (Å²) in [6.45, 7) is 1.52. The van der Waals surface area contributed by atoms with Crippen molar-refractivity contribution in [1.29, 1.82) is 0 Å². The van der Waals surface area contributed by atoms with E-state index in [0.29, 0.717) is 15.0 Å². The number of halogens is 2. The normalized spacial score (nSPS) is 14.3. The van der Waals surface area contributed by atoms with Gasteiger partial charge in [-0.25, -0.2) is 4.39 Å². The molecule has 2 aromatic rings. The van der Waals surface area contributed by atoms with Crippen molar-refractivity contribution >= 4 is 22.9 Å². The van der Waals surface area contributed by atoms with Gasteiger partial charge in [-0.1, -0.05) is 17.7 Å². The summed E-state index contributed by atoms with van der Waals surface area (Å²) in [5, 5.41) is 10.6. The molecule has 2 rings (SSSR count). The molecular weight excluding hydrogens is 275 g/mol. The third-order valence-electron chi connectivity index (χ3n) is 2.74. The van der Waals surface area contributed by atoms with Gasteiger partial charge in [0.1, 0.15) is 17.2 Å². The molecule has 0 aliphatic rings. The molecule has 0 bridgehead atoms. The SMILES string of the molecule is COc1cccc(F)c1C(C)(O)c1ccc(Cl)s1. The fourth-order valence-electron chi connectivity index (χ4n) is 1.85. The smallest absolute Gasteiger partial charge is 0.133 e. The second-order valence-corrected chi connectivity index (χ2v) is 5.71. The van der Waals surface area contributed by atoms with Crippen molar-refractivity contribution in [2.45, 2.75) is 12.5 Å². The van der Waals surface area contributed by atoms with E-state index >= 15 is 0 Å². The van der Waals surface area contributed by atoms with Gasteiger partial charge in [-0.2, -0.15) is 0 Å². The molecule has 0 saturated carbocycles. The van der Waals surface area contributed by atoms with E-state index in [-0.39, 0.29) is 5.56 Å². The van der Waals surface area contributed by atoms with E-state index < -0.39 is 11.4 Å². The van der Waals surface area contributed by atoms with Gasteiger partial charge in [-0.15, -0.1) is 11.3 Å². The zero-order chi connectivity index (χ0) is 13.3. The first kappa shape index (κ1) is 13.3. The van der Waals surface area contributed by atoms with Gasteiger partial charge in [0.05, 0.1) is 17.0 Å². The molecule has 0 fully saturated rings. The molecule has 0 aliphatic carbocycles. The van der Waals surface area contributed by atoms with Crippen LogP contribution in [0.3, 0.4) is 0 Å². The third-order valence-corrected chi connectivity index (χ3v) is 4.18.